The van der Waals surface area contributed by atoms with Crippen molar-refractivity contribution in [1.82, 2.24) is 0 Å². The van der Waals surface area contributed by atoms with Crippen molar-refractivity contribution in [3.8, 4) is 34.5 Å². The summed E-state index contributed by atoms with van der Waals surface area (Å²) >= 11 is 0. The Bertz CT molecular complexity index is 1880. The largest absolute Gasteiger partial charge is 2.00 e. The van der Waals surface area contributed by atoms with Crippen molar-refractivity contribution in [1.29, 1.82) is 0 Å². The fraction of sp³-hybridized carbons (Fsp3) is 0. The molecule has 0 unspecified atom stereocenters. The van der Waals surface area contributed by atoms with Gasteiger partial charge in [-0.15, -0.1) is 0 Å². The third kappa shape index (κ3) is 15.7. The van der Waals surface area contributed by atoms with Crippen LogP contribution in [-0.2, 0) is 34.1 Å². The number of aromatic hydroxyl groups is 6. The quantitative estimate of drug-likeness (QED) is 0.0491. The van der Waals surface area contributed by atoms with Gasteiger partial charge in [-0.25, -0.2) is 0 Å². The van der Waals surface area contributed by atoms with Gasteiger partial charge >= 0.3 is 34.1 Å². The van der Waals surface area contributed by atoms with Crippen LogP contribution >= 0.6 is 0 Å². The predicted molar refractivity (Wildman–Crippen MR) is 214 cm³/mol. The maximum Gasteiger partial charge on any atom is 2.00 e. The number of rotatable bonds is 9. The van der Waals surface area contributed by atoms with E-state index in [1.165, 1.54) is 37.3 Å². The van der Waals surface area contributed by atoms with E-state index in [1.54, 1.807) is 146 Å². The first kappa shape index (κ1) is 45.3. The second-order valence-corrected chi connectivity index (χ2v) is 10.8. The molecule has 6 aromatic rings. The van der Waals surface area contributed by atoms with Gasteiger partial charge in [-0.1, -0.05) is 72.8 Å². The molecule has 12 nitrogen and oxygen atoms in total. The Morgan fingerprint density at radius 2 is 0.357 bits per heavy atom. The molecule has 0 fully saturated rings. The van der Waals surface area contributed by atoms with E-state index in [2.05, 4.69) is 30.6 Å². The Balaban J connectivity index is 0.000000285. The van der Waals surface area contributed by atoms with Gasteiger partial charge in [-0.3, -0.25) is 0 Å². The van der Waals surface area contributed by atoms with E-state index in [4.69, 9.17) is 0 Å². The van der Waals surface area contributed by atoms with Crippen molar-refractivity contribution in [3.63, 3.8) is 0 Å². The molecule has 0 aromatic heterocycles. The molecule has 0 saturated heterocycles. The SMILES string of the molecule is Oc1ccccc1C=NN=Cc1ccccc1O.Oc1ccccc1C=NN=Cc1ccccc1O.Oc1ccccc1C=NN=Cc1ccccc1O.[Cu+2].[Cu+2]. The van der Waals surface area contributed by atoms with E-state index in [1.807, 2.05) is 0 Å². The smallest absolute Gasteiger partial charge is 0.507 e. The van der Waals surface area contributed by atoms with Gasteiger partial charge in [0.15, 0.2) is 0 Å². The third-order valence-electron chi connectivity index (χ3n) is 7.00. The van der Waals surface area contributed by atoms with Gasteiger partial charge in [0, 0.05) is 33.4 Å². The van der Waals surface area contributed by atoms with Gasteiger partial charge in [0.1, 0.15) is 34.5 Å². The van der Waals surface area contributed by atoms with Crippen molar-refractivity contribution >= 4 is 37.3 Å². The van der Waals surface area contributed by atoms with Crippen molar-refractivity contribution in [2.24, 2.45) is 30.6 Å². The first-order valence-corrected chi connectivity index (χ1v) is 16.2. The molecule has 6 N–H and O–H groups in total. The Hall–Kier alpha value is -6.82. The number of para-hydroxylation sites is 6. The maximum atomic E-state index is 9.49. The summed E-state index contributed by atoms with van der Waals surface area (Å²) in [7, 11) is 0. The zero-order valence-corrected chi connectivity index (χ0v) is 31.2. The van der Waals surface area contributed by atoms with Crippen LogP contribution in [0.15, 0.2) is 176 Å². The molecule has 0 aliphatic carbocycles. The van der Waals surface area contributed by atoms with Crippen LogP contribution in [0, 0.1) is 0 Å². The molecule has 6 rings (SSSR count). The molecule has 0 saturated carbocycles. The number of hydrogen-bond donors (Lipinski definition) is 6. The minimum atomic E-state index is 0. The minimum absolute atomic E-state index is 0. The second kappa shape index (κ2) is 25.2. The summed E-state index contributed by atoms with van der Waals surface area (Å²) in [6.07, 6.45) is 8.70. The second-order valence-electron chi connectivity index (χ2n) is 10.8. The summed E-state index contributed by atoms with van der Waals surface area (Å²) in [5.74, 6) is 0.911. The number of nitrogens with zero attached hydrogens (tertiary/aromatic N) is 6. The van der Waals surface area contributed by atoms with Crippen LogP contribution in [-0.4, -0.2) is 67.9 Å². The summed E-state index contributed by atoms with van der Waals surface area (Å²) in [6, 6.07) is 41.0. The molecule has 0 heterocycles. The molecule has 0 spiro atoms. The fourth-order valence-electron chi connectivity index (χ4n) is 4.15. The molecule has 0 amide bonds. The zero-order valence-electron chi connectivity index (χ0n) is 29.3. The Kier molecular flexibility index (Phi) is 20.4. The van der Waals surface area contributed by atoms with Crippen molar-refractivity contribution in [3.05, 3.63) is 179 Å². The van der Waals surface area contributed by atoms with E-state index in [-0.39, 0.29) is 68.6 Å². The van der Waals surface area contributed by atoms with E-state index in [9.17, 15) is 30.6 Å². The van der Waals surface area contributed by atoms with Gasteiger partial charge in [-0.05, 0) is 72.8 Å². The molecule has 6 aromatic carbocycles. The average molecular weight is 848 g/mol. The Morgan fingerprint density at radius 1 is 0.232 bits per heavy atom. The summed E-state index contributed by atoms with van der Waals surface area (Å²) in [5, 5.41) is 79.8. The third-order valence-corrected chi connectivity index (χ3v) is 7.00. The van der Waals surface area contributed by atoms with Gasteiger partial charge in [-0.2, -0.15) is 30.6 Å². The number of phenols is 6. The van der Waals surface area contributed by atoms with Crippen molar-refractivity contribution in [2.45, 2.75) is 0 Å². The maximum absolute atomic E-state index is 9.49. The van der Waals surface area contributed by atoms with Crippen LogP contribution in [0.5, 0.6) is 34.5 Å². The summed E-state index contributed by atoms with van der Waals surface area (Å²) in [4.78, 5) is 0. The Morgan fingerprint density at radius 3 is 0.482 bits per heavy atom. The number of hydrogen-bond acceptors (Lipinski definition) is 12. The summed E-state index contributed by atoms with van der Waals surface area (Å²) < 4.78 is 0. The first-order chi connectivity index (χ1) is 26.3. The molecule has 2 radical (unpaired) electrons. The molecule has 0 aliphatic heterocycles. The molecular weight excluding hydrogens is 812 g/mol. The van der Waals surface area contributed by atoms with Crippen molar-refractivity contribution in [2.75, 3.05) is 0 Å². The number of benzene rings is 6. The topological polar surface area (TPSA) is 196 Å². The normalized spacial score (nSPS) is 10.9. The van der Waals surface area contributed by atoms with Crippen molar-refractivity contribution < 1.29 is 64.8 Å². The van der Waals surface area contributed by atoms with Crippen LogP contribution < -0.4 is 0 Å². The van der Waals surface area contributed by atoms with Crippen LogP contribution in [0.1, 0.15) is 33.4 Å². The van der Waals surface area contributed by atoms with E-state index in [0.29, 0.717) is 33.4 Å². The monoisotopic (exact) mass is 846 g/mol. The summed E-state index contributed by atoms with van der Waals surface area (Å²) in [5.41, 5.74) is 3.54. The predicted octanol–water partition coefficient (Wildman–Crippen LogP) is 7.65. The molecule has 56 heavy (non-hydrogen) atoms. The van der Waals surface area contributed by atoms with Gasteiger partial charge in [0.05, 0.1) is 37.3 Å². The number of phenolic OH excluding ortho intramolecular Hbond substituents is 6. The van der Waals surface area contributed by atoms with Gasteiger partial charge in [0.25, 0.3) is 0 Å². The van der Waals surface area contributed by atoms with E-state index < -0.39 is 0 Å². The molecule has 288 valence electrons. The summed E-state index contributed by atoms with van der Waals surface area (Å²) in [6.45, 7) is 0. The van der Waals surface area contributed by atoms with Crippen LogP contribution in [0.2, 0.25) is 0 Å². The molecule has 0 aliphatic rings. The molecule has 0 bridgehead atoms. The van der Waals surface area contributed by atoms with E-state index in [0.717, 1.165) is 0 Å². The fourth-order valence-corrected chi connectivity index (χ4v) is 4.15. The van der Waals surface area contributed by atoms with Crippen LogP contribution in [0.4, 0.5) is 0 Å². The van der Waals surface area contributed by atoms with E-state index >= 15 is 0 Å². The molecule has 14 heteroatoms. The van der Waals surface area contributed by atoms with Crippen LogP contribution in [0.25, 0.3) is 0 Å². The zero-order chi connectivity index (χ0) is 38.4. The molecule has 0 atom stereocenters. The minimum Gasteiger partial charge on any atom is -0.507 e. The first-order valence-electron chi connectivity index (χ1n) is 16.2. The van der Waals surface area contributed by atoms with Gasteiger partial charge < -0.3 is 30.6 Å². The van der Waals surface area contributed by atoms with Gasteiger partial charge in [0.2, 0.25) is 0 Å². The Labute approximate surface area is 344 Å². The standard InChI is InChI=1S/3C14H12N2O2.2Cu/c3*17-13-7-3-1-5-11(13)9-15-16-10-12-6-2-4-8-14(12)18;;/h3*1-10,17-18H;;/q;;;2*+2. The van der Waals surface area contributed by atoms with Crippen LogP contribution in [0.3, 0.4) is 0 Å². The average Bonchev–Trinajstić information content (AvgIpc) is 3.18. The molecular formula is C42H36Cu2N6O6+4.